The Morgan fingerprint density at radius 1 is 0.278 bits per heavy atom. The van der Waals surface area contributed by atoms with Crippen molar-refractivity contribution in [2.24, 2.45) is 0 Å². The Morgan fingerprint density at radius 2 is 0.852 bits per heavy atom. The van der Waals surface area contributed by atoms with Crippen LogP contribution in [0.25, 0.3) is 120 Å². The van der Waals surface area contributed by atoms with Gasteiger partial charge in [0.2, 0.25) is 0 Å². The van der Waals surface area contributed by atoms with Crippen LogP contribution in [0.1, 0.15) is 0 Å². The molecule has 0 N–H and O–H groups in total. The topological polar surface area (TPSA) is 26.3 Å². The van der Waals surface area contributed by atoms with Crippen LogP contribution in [-0.4, -0.2) is 0 Å². The highest BCUT2D eigenvalue weighted by Gasteiger charge is 2.23. The van der Waals surface area contributed by atoms with Crippen molar-refractivity contribution in [3.8, 4) is 33.4 Å². The third-order valence-electron chi connectivity index (χ3n) is 11.4. The van der Waals surface area contributed by atoms with Gasteiger partial charge >= 0.3 is 0 Å². The lowest BCUT2D eigenvalue weighted by atomic mass is 9.84. The van der Waals surface area contributed by atoms with Gasteiger partial charge in [-0.15, -0.1) is 0 Å². The molecule has 2 heteroatoms. The highest BCUT2D eigenvalue weighted by atomic mass is 16.3. The lowest BCUT2D eigenvalue weighted by Gasteiger charge is -2.19. The summed E-state index contributed by atoms with van der Waals surface area (Å²) in [5, 5.41) is 14.1. The zero-order chi connectivity index (χ0) is 35.3. The van der Waals surface area contributed by atoms with E-state index < -0.39 is 0 Å². The fourth-order valence-corrected chi connectivity index (χ4v) is 9.16. The Labute approximate surface area is 310 Å². The first-order valence-electron chi connectivity index (χ1n) is 18.5. The summed E-state index contributed by atoms with van der Waals surface area (Å²) in [6.45, 7) is 0. The van der Waals surface area contributed by atoms with E-state index in [1.807, 2.05) is 12.1 Å². The van der Waals surface area contributed by atoms with E-state index in [9.17, 15) is 0 Å². The van der Waals surface area contributed by atoms with Gasteiger partial charge in [-0.1, -0.05) is 152 Å². The van der Waals surface area contributed by atoms with E-state index in [0.717, 1.165) is 60.4 Å². The van der Waals surface area contributed by atoms with Gasteiger partial charge in [-0.2, -0.15) is 0 Å². The minimum atomic E-state index is 0.824. The molecule has 0 aliphatic heterocycles. The lowest BCUT2D eigenvalue weighted by Crippen LogP contribution is -1.92. The Morgan fingerprint density at radius 3 is 1.61 bits per heavy atom. The highest BCUT2D eigenvalue weighted by molar-refractivity contribution is 6.29. The molecule has 2 aromatic heterocycles. The molecule has 12 aromatic rings. The summed E-state index contributed by atoms with van der Waals surface area (Å²) < 4.78 is 13.3. The van der Waals surface area contributed by atoms with Crippen molar-refractivity contribution in [1.29, 1.82) is 0 Å². The van der Waals surface area contributed by atoms with Gasteiger partial charge in [0.25, 0.3) is 0 Å². The van der Waals surface area contributed by atoms with Crippen molar-refractivity contribution in [1.82, 2.24) is 0 Å². The Bertz CT molecular complexity index is 3440. The van der Waals surface area contributed by atoms with Gasteiger partial charge in [0.15, 0.2) is 0 Å². The molecule has 0 amide bonds. The van der Waals surface area contributed by atoms with Crippen molar-refractivity contribution in [2.75, 3.05) is 0 Å². The fraction of sp³-hybridized carbons (Fsp3) is 0. The first-order chi connectivity index (χ1) is 26.8. The van der Waals surface area contributed by atoms with E-state index in [1.165, 1.54) is 60.0 Å². The standard InChI is InChI=1S/C52H30O2/c1-3-18-35-31(13-1)15-12-25-38(35)49-41-23-7-5-21-39(41)47(40-22-6-8-24-42(40)49)33-16-11-17-34(29-33)48-36-19-4-2-14-32(36)30-46-50(48)51-45(53-46)28-27-43-37-20-9-10-26-44(37)54-52(43)51/h1-30H. The highest BCUT2D eigenvalue weighted by Crippen LogP contribution is 2.48. The smallest absolute Gasteiger partial charge is 0.147 e. The van der Waals surface area contributed by atoms with E-state index >= 15 is 0 Å². The molecule has 0 atom stereocenters. The number of fused-ring (bicyclic) bond motifs is 11. The van der Waals surface area contributed by atoms with E-state index in [4.69, 9.17) is 8.83 Å². The number of benzene rings is 10. The van der Waals surface area contributed by atoms with Crippen molar-refractivity contribution in [2.45, 2.75) is 0 Å². The number of furan rings is 2. The molecule has 0 spiro atoms. The summed E-state index contributed by atoms with van der Waals surface area (Å²) in [7, 11) is 0. The summed E-state index contributed by atoms with van der Waals surface area (Å²) in [6.07, 6.45) is 0. The molecule has 0 fully saturated rings. The maximum absolute atomic E-state index is 6.68. The van der Waals surface area contributed by atoms with Crippen molar-refractivity contribution < 1.29 is 8.83 Å². The van der Waals surface area contributed by atoms with Crippen molar-refractivity contribution in [3.63, 3.8) is 0 Å². The summed E-state index contributed by atoms with van der Waals surface area (Å²) in [5.41, 5.74) is 10.6. The predicted molar refractivity (Wildman–Crippen MR) is 227 cm³/mol. The second-order valence-corrected chi connectivity index (χ2v) is 14.3. The molecule has 0 unspecified atom stereocenters. The van der Waals surface area contributed by atoms with E-state index in [0.29, 0.717) is 0 Å². The number of hydrogen-bond donors (Lipinski definition) is 0. The molecular formula is C52H30O2. The molecular weight excluding hydrogens is 657 g/mol. The number of para-hydroxylation sites is 1. The van der Waals surface area contributed by atoms with Gasteiger partial charge < -0.3 is 8.83 Å². The molecule has 0 aliphatic carbocycles. The monoisotopic (exact) mass is 686 g/mol. The average Bonchev–Trinajstić information content (AvgIpc) is 3.80. The SMILES string of the molecule is c1cc(-c2c3ccccc3c(-c3cccc4ccccc34)c3ccccc23)cc(-c2c3ccccc3cc3oc4ccc5c6ccccc6oc5c4c23)c1. The Hall–Kier alpha value is -7.16. The zero-order valence-electron chi connectivity index (χ0n) is 29.1. The minimum Gasteiger partial charge on any atom is -0.456 e. The maximum Gasteiger partial charge on any atom is 0.147 e. The third-order valence-corrected chi connectivity index (χ3v) is 11.4. The second-order valence-electron chi connectivity index (χ2n) is 14.3. The quantitative estimate of drug-likeness (QED) is 0.173. The van der Waals surface area contributed by atoms with E-state index in [-0.39, 0.29) is 0 Å². The van der Waals surface area contributed by atoms with Crippen molar-refractivity contribution >= 4 is 87.0 Å². The van der Waals surface area contributed by atoms with Gasteiger partial charge in [0, 0.05) is 21.7 Å². The summed E-state index contributed by atoms with van der Waals surface area (Å²) in [4.78, 5) is 0. The van der Waals surface area contributed by atoms with E-state index in [2.05, 4.69) is 170 Å². The van der Waals surface area contributed by atoms with Crippen LogP contribution in [0.15, 0.2) is 191 Å². The zero-order valence-corrected chi connectivity index (χ0v) is 29.1. The van der Waals surface area contributed by atoms with Crippen LogP contribution in [0.3, 0.4) is 0 Å². The largest absolute Gasteiger partial charge is 0.456 e. The number of rotatable bonds is 3. The molecule has 2 heterocycles. The molecule has 10 aromatic carbocycles. The van der Waals surface area contributed by atoms with Crippen LogP contribution in [0.4, 0.5) is 0 Å². The maximum atomic E-state index is 6.68. The summed E-state index contributed by atoms with van der Waals surface area (Å²) >= 11 is 0. The Balaban J connectivity index is 1.18. The van der Waals surface area contributed by atoms with Crippen LogP contribution in [0.2, 0.25) is 0 Å². The van der Waals surface area contributed by atoms with Gasteiger partial charge in [-0.25, -0.2) is 0 Å². The third kappa shape index (κ3) is 4.11. The Kier molecular flexibility index (Phi) is 6.09. The predicted octanol–water partition coefficient (Wildman–Crippen LogP) is 15.1. The van der Waals surface area contributed by atoms with Gasteiger partial charge in [-0.3, -0.25) is 0 Å². The average molecular weight is 687 g/mol. The van der Waals surface area contributed by atoms with Gasteiger partial charge in [0.05, 0.1) is 5.39 Å². The molecule has 12 rings (SSSR count). The normalized spacial score (nSPS) is 12.1. The van der Waals surface area contributed by atoms with E-state index in [1.54, 1.807) is 0 Å². The first-order valence-corrected chi connectivity index (χ1v) is 18.5. The van der Waals surface area contributed by atoms with Crippen LogP contribution in [0.5, 0.6) is 0 Å². The molecule has 250 valence electrons. The summed E-state index contributed by atoms with van der Waals surface area (Å²) in [5.74, 6) is 0. The fourth-order valence-electron chi connectivity index (χ4n) is 9.16. The molecule has 0 bridgehead atoms. The van der Waals surface area contributed by atoms with Crippen LogP contribution < -0.4 is 0 Å². The van der Waals surface area contributed by atoms with Crippen LogP contribution >= 0.6 is 0 Å². The molecule has 0 aliphatic rings. The first kappa shape index (κ1) is 29.4. The molecule has 2 nitrogen and oxygen atoms in total. The lowest BCUT2D eigenvalue weighted by molar-refractivity contribution is 0.663. The van der Waals surface area contributed by atoms with Gasteiger partial charge in [-0.05, 0) is 101 Å². The van der Waals surface area contributed by atoms with Crippen LogP contribution in [0, 0.1) is 0 Å². The van der Waals surface area contributed by atoms with Crippen LogP contribution in [-0.2, 0) is 0 Å². The molecule has 0 saturated carbocycles. The second kappa shape index (κ2) is 11.2. The number of hydrogen-bond acceptors (Lipinski definition) is 2. The molecule has 54 heavy (non-hydrogen) atoms. The molecule has 0 radical (unpaired) electrons. The van der Waals surface area contributed by atoms with Crippen molar-refractivity contribution in [3.05, 3.63) is 182 Å². The van der Waals surface area contributed by atoms with Gasteiger partial charge in [0.1, 0.15) is 22.3 Å². The summed E-state index contributed by atoms with van der Waals surface area (Å²) in [6, 6.07) is 65.6. The molecule has 0 saturated heterocycles. The minimum absolute atomic E-state index is 0.824.